The maximum atomic E-state index is 13.0. The molecule has 1 unspecified atom stereocenters. The van der Waals surface area contributed by atoms with Gasteiger partial charge in [-0.25, -0.2) is 8.42 Å². The van der Waals surface area contributed by atoms with Gasteiger partial charge in [-0.15, -0.1) is 0 Å². The number of sulfonamides is 1. The Balaban J connectivity index is 1.74. The molecule has 6 nitrogen and oxygen atoms in total. The van der Waals surface area contributed by atoms with Crippen molar-refractivity contribution in [2.75, 3.05) is 32.4 Å². The van der Waals surface area contributed by atoms with E-state index in [-0.39, 0.29) is 37.1 Å². The molecule has 3 rings (SSSR count). The molecule has 0 bridgehead atoms. The second-order valence-corrected chi connectivity index (χ2v) is 10.5. The van der Waals surface area contributed by atoms with Gasteiger partial charge in [-0.05, 0) is 42.5 Å². The average molecular weight is 495 g/mol. The van der Waals surface area contributed by atoms with Crippen LogP contribution in [0.5, 0.6) is 0 Å². The second-order valence-electron chi connectivity index (χ2n) is 6.82. The molecular weight excluding hydrogens is 477 g/mol. The lowest BCUT2D eigenvalue weighted by molar-refractivity contribution is -0.137. The van der Waals surface area contributed by atoms with Crippen LogP contribution in [-0.2, 0) is 27.0 Å². The number of hydrogen-bond acceptors (Lipinski definition) is 4. The van der Waals surface area contributed by atoms with E-state index in [0.29, 0.717) is 16.5 Å². The minimum Gasteiger partial charge on any atom is -0.336 e. The van der Waals surface area contributed by atoms with Crippen LogP contribution >= 0.6 is 11.6 Å². The smallest absolute Gasteiger partial charge is 0.336 e. The number of amides is 1. The van der Waals surface area contributed by atoms with E-state index in [1.54, 1.807) is 24.3 Å². The zero-order chi connectivity index (χ0) is 23.0. The van der Waals surface area contributed by atoms with Gasteiger partial charge in [0, 0.05) is 53.7 Å². The molecule has 1 atom stereocenters. The molecule has 2 aromatic rings. The summed E-state index contributed by atoms with van der Waals surface area (Å²) in [7, 11) is -5.45. The van der Waals surface area contributed by atoms with Gasteiger partial charge in [-0.3, -0.25) is 9.00 Å². The molecule has 168 valence electrons. The summed E-state index contributed by atoms with van der Waals surface area (Å²) in [4.78, 5) is 14.1. The first-order chi connectivity index (χ1) is 14.4. The van der Waals surface area contributed by atoms with Crippen molar-refractivity contribution >= 4 is 38.3 Å². The van der Waals surface area contributed by atoms with Crippen LogP contribution in [0.2, 0.25) is 5.02 Å². The number of rotatable bonds is 4. The van der Waals surface area contributed by atoms with Crippen LogP contribution in [0.1, 0.15) is 15.9 Å². The van der Waals surface area contributed by atoms with Crippen molar-refractivity contribution in [1.29, 1.82) is 0 Å². The van der Waals surface area contributed by atoms with Gasteiger partial charge in [-0.2, -0.15) is 17.5 Å². The predicted octanol–water partition coefficient (Wildman–Crippen LogP) is 3.24. The zero-order valence-electron chi connectivity index (χ0n) is 16.2. The first-order valence-electron chi connectivity index (χ1n) is 9.01. The number of alkyl halides is 3. The fourth-order valence-corrected chi connectivity index (χ4v) is 5.56. The summed E-state index contributed by atoms with van der Waals surface area (Å²) in [6.07, 6.45) is -3.19. The van der Waals surface area contributed by atoms with E-state index < -0.39 is 37.5 Å². The number of halogens is 4. The molecule has 1 amide bonds. The Labute approximate surface area is 185 Å². The van der Waals surface area contributed by atoms with Gasteiger partial charge in [0.1, 0.15) is 4.90 Å². The molecule has 1 heterocycles. The highest BCUT2D eigenvalue weighted by Crippen LogP contribution is 2.34. The molecule has 0 N–H and O–H groups in total. The fraction of sp³-hybridized carbons (Fsp3) is 0.316. The molecule has 0 aliphatic carbocycles. The lowest BCUT2D eigenvalue weighted by Crippen LogP contribution is -2.50. The number of nitrogens with zero attached hydrogens (tertiary/aromatic N) is 2. The van der Waals surface area contributed by atoms with Crippen molar-refractivity contribution in [3.63, 3.8) is 0 Å². The summed E-state index contributed by atoms with van der Waals surface area (Å²) in [6.45, 7) is -0.0401. The maximum absolute atomic E-state index is 13.0. The largest absolute Gasteiger partial charge is 0.416 e. The maximum Gasteiger partial charge on any atom is 0.416 e. The second kappa shape index (κ2) is 8.89. The van der Waals surface area contributed by atoms with E-state index in [4.69, 9.17) is 11.6 Å². The number of carbonyl (C=O) groups is 1. The monoisotopic (exact) mass is 494 g/mol. The highest BCUT2D eigenvalue weighted by molar-refractivity contribution is 7.89. The number of carbonyl (C=O) groups excluding carboxylic acids is 1. The highest BCUT2D eigenvalue weighted by atomic mass is 35.5. The van der Waals surface area contributed by atoms with Crippen molar-refractivity contribution < 1.29 is 30.6 Å². The molecule has 0 saturated carbocycles. The summed E-state index contributed by atoms with van der Waals surface area (Å²) < 4.78 is 77.2. The minimum atomic E-state index is -4.71. The van der Waals surface area contributed by atoms with E-state index in [2.05, 4.69) is 0 Å². The van der Waals surface area contributed by atoms with E-state index in [0.717, 1.165) is 16.4 Å². The highest BCUT2D eigenvalue weighted by Gasteiger charge is 2.36. The number of benzene rings is 2. The first-order valence-corrected chi connectivity index (χ1v) is 12.4. The van der Waals surface area contributed by atoms with Gasteiger partial charge in [0.2, 0.25) is 10.0 Å². The lowest BCUT2D eigenvalue weighted by Gasteiger charge is -2.34. The van der Waals surface area contributed by atoms with Gasteiger partial charge in [-0.1, -0.05) is 11.6 Å². The van der Waals surface area contributed by atoms with E-state index in [9.17, 15) is 30.6 Å². The van der Waals surface area contributed by atoms with Crippen LogP contribution in [0, 0.1) is 0 Å². The number of piperazine rings is 1. The normalized spacial score (nSPS) is 16.9. The van der Waals surface area contributed by atoms with Crippen molar-refractivity contribution in [2.24, 2.45) is 0 Å². The molecule has 1 aliphatic rings. The third-order valence-corrected chi connectivity index (χ3v) is 8.15. The van der Waals surface area contributed by atoms with Gasteiger partial charge in [0.15, 0.2) is 0 Å². The molecular formula is C19H18ClF3N2O4S2. The topological polar surface area (TPSA) is 74.8 Å². The summed E-state index contributed by atoms with van der Waals surface area (Å²) >= 11 is 5.88. The molecule has 2 aromatic carbocycles. The first kappa shape index (κ1) is 23.7. The SMILES string of the molecule is CS(=O)c1ccc(C(=O)N2CCN(S(=O)(=O)c3cc(C(F)(F)F)ccc3Cl)CC2)cc1. The van der Waals surface area contributed by atoms with Crippen LogP contribution in [0.4, 0.5) is 13.2 Å². The molecule has 1 aliphatic heterocycles. The molecule has 0 radical (unpaired) electrons. The van der Waals surface area contributed by atoms with Crippen LogP contribution in [0.15, 0.2) is 52.3 Å². The minimum absolute atomic E-state index is 0.0656. The Hall–Kier alpha value is -1.95. The molecule has 1 saturated heterocycles. The van der Waals surface area contributed by atoms with Gasteiger partial charge in [0.05, 0.1) is 10.6 Å². The number of hydrogen-bond donors (Lipinski definition) is 0. The third-order valence-electron chi connectivity index (χ3n) is 4.84. The summed E-state index contributed by atoms with van der Waals surface area (Å²) in [5, 5.41) is -0.306. The standard InChI is InChI=1S/C19H18ClF3N2O4S2/c1-30(27)15-5-2-13(3-6-15)18(26)24-8-10-25(11-9-24)31(28,29)17-12-14(19(21,22)23)4-7-16(17)20/h2-7,12H,8-11H2,1H3. The van der Waals surface area contributed by atoms with Gasteiger partial charge >= 0.3 is 6.18 Å². The average Bonchev–Trinajstić information content (AvgIpc) is 2.72. The van der Waals surface area contributed by atoms with Crippen molar-refractivity contribution in [1.82, 2.24) is 9.21 Å². The van der Waals surface area contributed by atoms with Crippen molar-refractivity contribution in [3.05, 3.63) is 58.6 Å². The van der Waals surface area contributed by atoms with Crippen LogP contribution < -0.4 is 0 Å². The van der Waals surface area contributed by atoms with Gasteiger partial charge < -0.3 is 4.90 Å². The predicted molar refractivity (Wildman–Crippen MR) is 110 cm³/mol. The third kappa shape index (κ3) is 5.11. The van der Waals surface area contributed by atoms with E-state index in [1.807, 2.05) is 0 Å². The Kier molecular flexibility index (Phi) is 6.80. The summed E-state index contributed by atoms with van der Waals surface area (Å²) in [5.41, 5.74) is -0.743. The summed E-state index contributed by atoms with van der Waals surface area (Å²) in [6, 6.07) is 8.41. The Bertz CT molecular complexity index is 1110. The lowest BCUT2D eigenvalue weighted by atomic mass is 10.2. The Morgan fingerprint density at radius 1 is 1.03 bits per heavy atom. The van der Waals surface area contributed by atoms with Crippen molar-refractivity contribution in [3.8, 4) is 0 Å². The fourth-order valence-electron chi connectivity index (χ4n) is 3.12. The van der Waals surface area contributed by atoms with E-state index in [1.165, 1.54) is 11.2 Å². The molecule has 31 heavy (non-hydrogen) atoms. The Morgan fingerprint density at radius 3 is 2.13 bits per heavy atom. The van der Waals surface area contributed by atoms with Crippen LogP contribution in [0.3, 0.4) is 0 Å². The van der Waals surface area contributed by atoms with Crippen LogP contribution in [-0.4, -0.2) is 60.2 Å². The van der Waals surface area contributed by atoms with Crippen molar-refractivity contribution in [2.45, 2.75) is 16.0 Å². The van der Waals surface area contributed by atoms with Crippen LogP contribution in [0.25, 0.3) is 0 Å². The molecule has 0 aromatic heterocycles. The van der Waals surface area contributed by atoms with E-state index >= 15 is 0 Å². The quantitative estimate of drug-likeness (QED) is 0.654. The van der Waals surface area contributed by atoms with Gasteiger partial charge in [0.25, 0.3) is 5.91 Å². The zero-order valence-corrected chi connectivity index (χ0v) is 18.6. The molecule has 12 heteroatoms. The molecule has 0 spiro atoms. The Morgan fingerprint density at radius 2 is 1.61 bits per heavy atom. The summed E-state index contributed by atoms with van der Waals surface area (Å²) in [5.74, 6) is -0.317. The molecule has 1 fully saturated rings.